The minimum absolute atomic E-state index is 0.158. The van der Waals surface area contributed by atoms with E-state index >= 15 is 0 Å². The molecule has 0 unspecified atom stereocenters. The minimum Gasteiger partial charge on any atom is -0.351 e. The number of piperazine rings is 1. The van der Waals surface area contributed by atoms with Crippen molar-refractivity contribution in [1.82, 2.24) is 15.1 Å². The third kappa shape index (κ3) is 3.61. The molecule has 22 heavy (non-hydrogen) atoms. The standard InChI is InChI=1S/C16H26N4OS/c1-12(2)20-14(21)10-19(11-16(20,3)4)15(17-5)18-9-13-7-6-8-22-13/h6-8,12H,9-11H2,1-5H3,(H,17,18). The van der Waals surface area contributed by atoms with E-state index in [4.69, 9.17) is 0 Å². The van der Waals surface area contributed by atoms with Crippen molar-refractivity contribution in [3.8, 4) is 0 Å². The maximum atomic E-state index is 12.5. The Morgan fingerprint density at radius 1 is 1.50 bits per heavy atom. The third-order valence-electron chi connectivity index (χ3n) is 3.85. The molecule has 0 aromatic carbocycles. The van der Waals surface area contributed by atoms with Gasteiger partial charge in [0, 0.05) is 24.5 Å². The fourth-order valence-electron chi connectivity index (χ4n) is 3.22. The summed E-state index contributed by atoms with van der Waals surface area (Å²) < 4.78 is 0. The van der Waals surface area contributed by atoms with Gasteiger partial charge < -0.3 is 15.1 Å². The van der Waals surface area contributed by atoms with Gasteiger partial charge in [-0.3, -0.25) is 9.79 Å². The van der Waals surface area contributed by atoms with Crippen LogP contribution in [0.1, 0.15) is 32.6 Å². The molecule has 1 fully saturated rings. The van der Waals surface area contributed by atoms with Crippen LogP contribution in [-0.4, -0.2) is 53.4 Å². The Balaban J connectivity index is 2.06. The molecule has 1 aromatic heterocycles. The fourth-order valence-corrected chi connectivity index (χ4v) is 3.87. The van der Waals surface area contributed by atoms with E-state index in [2.05, 4.69) is 54.4 Å². The van der Waals surface area contributed by atoms with E-state index in [0.717, 1.165) is 19.0 Å². The molecule has 0 saturated carbocycles. The normalized spacial score (nSPS) is 19.0. The van der Waals surface area contributed by atoms with Gasteiger partial charge in [0.25, 0.3) is 0 Å². The van der Waals surface area contributed by atoms with Crippen LogP contribution < -0.4 is 5.32 Å². The van der Waals surface area contributed by atoms with Gasteiger partial charge >= 0.3 is 0 Å². The second-order valence-electron chi connectivity index (χ2n) is 6.51. The smallest absolute Gasteiger partial charge is 0.242 e. The fraction of sp³-hybridized carbons (Fsp3) is 0.625. The number of guanidine groups is 1. The largest absolute Gasteiger partial charge is 0.351 e. The lowest BCUT2D eigenvalue weighted by atomic mass is 9.96. The van der Waals surface area contributed by atoms with Crippen molar-refractivity contribution in [3.63, 3.8) is 0 Å². The topological polar surface area (TPSA) is 47.9 Å². The van der Waals surface area contributed by atoms with Crippen LogP contribution in [0.5, 0.6) is 0 Å². The highest BCUT2D eigenvalue weighted by molar-refractivity contribution is 7.09. The Morgan fingerprint density at radius 3 is 2.73 bits per heavy atom. The van der Waals surface area contributed by atoms with E-state index in [1.165, 1.54) is 4.88 Å². The van der Waals surface area contributed by atoms with Crippen LogP contribution in [0, 0.1) is 0 Å². The van der Waals surface area contributed by atoms with E-state index in [1.807, 2.05) is 11.0 Å². The molecule has 2 rings (SSSR count). The quantitative estimate of drug-likeness (QED) is 0.685. The maximum absolute atomic E-state index is 12.5. The first-order valence-corrected chi connectivity index (χ1v) is 8.53. The highest BCUT2D eigenvalue weighted by atomic mass is 32.1. The monoisotopic (exact) mass is 322 g/mol. The summed E-state index contributed by atoms with van der Waals surface area (Å²) in [7, 11) is 1.77. The Morgan fingerprint density at radius 2 is 2.23 bits per heavy atom. The summed E-state index contributed by atoms with van der Waals surface area (Å²) in [5.41, 5.74) is -0.204. The van der Waals surface area contributed by atoms with E-state index in [1.54, 1.807) is 18.4 Å². The van der Waals surface area contributed by atoms with Crippen molar-refractivity contribution in [2.45, 2.75) is 45.8 Å². The van der Waals surface area contributed by atoms with Crippen LogP contribution in [0.2, 0.25) is 0 Å². The lowest BCUT2D eigenvalue weighted by Gasteiger charge is -2.49. The predicted molar refractivity (Wildman–Crippen MR) is 92.2 cm³/mol. The Labute approximate surface area is 137 Å². The number of hydrogen-bond donors (Lipinski definition) is 1. The number of carbonyl (C=O) groups excluding carboxylic acids is 1. The number of carbonyl (C=O) groups is 1. The van der Waals surface area contributed by atoms with Crippen LogP contribution in [0.4, 0.5) is 0 Å². The first-order chi connectivity index (χ1) is 10.3. The number of nitrogens with zero attached hydrogens (tertiary/aromatic N) is 3. The second kappa shape index (κ2) is 6.69. The summed E-state index contributed by atoms with van der Waals surface area (Å²) in [6.45, 7) is 10.3. The number of thiophene rings is 1. The Bertz CT molecular complexity index is 536. The van der Waals surface area contributed by atoms with Crippen LogP contribution >= 0.6 is 11.3 Å². The molecule has 6 heteroatoms. The van der Waals surface area contributed by atoms with Gasteiger partial charge in [0.15, 0.2) is 5.96 Å². The van der Waals surface area contributed by atoms with Crippen LogP contribution in [-0.2, 0) is 11.3 Å². The van der Waals surface area contributed by atoms with Crippen molar-refractivity contribution in [2.75, 3.05) is 20.1 Å². The minimum atomic E-state index is -0.204. The Hall–Kier alpha value is -1.56. The van der Waals surface area contributed by atoms with Crippen molar-refractivity contribution in [3.05, 3.63) is 22.4 Å². The van der Waals surface area contributed by atoms with Gasteiger partial charge in [0.1, 0.15) is 0 Å². The average molecular weight is 322 g/mol. The zero-order valence-corrected chi connectivity index (χ0v) is 14.9. The zero-order chi connectivity index (χ0) is 16.3. The van der Waals surface area contributed by atoms with E-state index in [-0.39, 0.29) is 17.5 Å². The molecule has 0 bridgehead atoms. The first-order valence-electron chi connectivity index (χ1n) is 7.65. The predicted octanol–water partition coefficient (Wildman–Crippen LogP) is 2.15. The highest BCUT2D eigenvalue weighted by Gasteiger charge is 2.40. The average Bonchev–Trinajstić information content (AvgIpc) is 2.90. The second-order valence-corrected chi connectivity index (χ2v) is 7.54. The van der Waals surface area contributed by atoms with Crippen molar-refractivity contribution < 1.29 is 4.79 Å². The molecule has 122 valence electrons. The SMILES string of the molecule is CN=C(NCc1cccs1)N1CC(=O)N(C(C)C)C(C)(C)C1. The van der Waals surface area contributed by atoms with E-state index < -0.39 is 0 Å². The molecule has 5 nitrogen and oxygen atoms in total. The summed E-state index contributed by atoms with van der Waals surface area (Å²) in [4.78, 5) is 22.2. The Kier molecular flexibility index (Phi) is 5.11. The molecule has 0 spiro atoms. The highest BCUT2D eigenvalue weighted by Crippen LogP contribution is 2.24. The summed E-state index contributed by atoms with van der Waals surface area (Å²) in [6, 6.07) is 4.35. The van der Waals surface area contributed by atoms with Gasteiger partial charge in [-0.05, 0) is 39.1 Å². The molecule has 1 amide bonds. The summed E-state index contributed by atoms with van der Waals surface area (Å²) in [6.07, 6.45) is 0. The summed E-state index contributed by atoms with van der Waals surface area (Å²) >= 11 is 1.72. The summed E-state index contributed by atoms with van der Waals surface area (Å²) in [5, 5.41) is 5.42. The van der Waals surface area contributed by atoms with Crippen LogP contribution in [0.25, 0.3) is 0 Å². The van der Waals surface area contributed by atoms with Gasteiger partial charge in [-0.15, -0.1) is 11.3 Å². The molecule has 1 aliphatic heterocycles. The lowest BCUT2D eigenvalue weighted by Crippen LogP contribution is -2.66. The molecule has 0 radical (unpaired) electrons. The van der Waals surface area contributed by atoms with Gasteiger partial charge in [-0.25, -0.2) is 0 Å². The summed E-state index contributed by atoms with van der Waals surface area (Å²) in [5.74, 6) is 0.948. The van der Waals surface area contributed by atoms with E-state index in [0.29, 0.717) is 6.54 Å². The number of amides is 1. The van der Waals surface area contributed by atoms with Crippen LogP contribution in [0.3, 0.4) is 0 Å². The number of hydrogen-bond acceptors (Lipinski definition) is 3. The zero-order valence-electron chi connectivity index (χ0n) is 14.1. The van der Waals surface area contributed by atoms with Gasteiger partial charge in [0.2, 0.25) is 5.91 Å². The molecule has 1 N–H and O–H groups in total. The molecule has 1 aliphatic rings. The number of nitrogens with one attached hydrogen (secondary N) is 1. The van der Waals surface area contributed by atoms with Gasteiger partial charge in [-0.1, -0.05) is 6.07 Å². The van der Waals surface area contributed by atoms with Crippen molar-refractivity contribution in [2.24, 2.45) is 4.99 Å². The number of aliphatic imine (C=N–C) groups is 1. The molecule has 1 aromatic rings. The van der Waals surface area contributed by atoms with Gasteiger partial charge in [-0.2, -0.15) is 0 Å². The molecule has 2 heterocycles. The van der Waals surface area contributed by atoms with Crippen LogP contribution in [0.15, 0.2) is 22.5 Å². The molecule has 0 atom stereocenters. The first kappa shape index (κ1) is 16.8. The molecule has 1 saturated heterocycles. The molecular weight excluding hydrogens is 296 g/mol. The lowest BCUT2D eigenvalue weighted by molar-refractivity contribution is -0.145. The van der Waals surface area contributed by atoms with Crippen molar-refractivity contribution >= 4 is 23.2 Å². The third-order valence-corrected chi connectivity index (χ3v) is 4.73. The molecule has 0 aliphatic carbocycles. The molecular formula is C16H26N4OS. The van der Waals surface area contributed by atoms with E-state index in [9.17, 15) is 4.79 Å². The number of rotatable bonds is 3. The maximum Gasteiger partial charge on any atom is 0.242 e. The van der Waals surface area contributed by atoms with Crippen molar-refractivity contribution in [1.29, 1.82) is 0 Å². The van der Waals surface area contributed by atoms with Gasteiger partial charge in [0.05, 0.1) is 18.6 Å².